The molecule has 0 aliphatic rings. The summed E-state index contributed by atoms with van der Waals surface area (Å²) in [6.07, 6.45) is 0.985. The molecule has 1 aromatic carbocycles. The molecule has 0 saturated heterocycles. The van der Waals surface area contributed by atoms with Crippen LogP contribution in [0.25, 0.3) is 11.4 Å². The molecular weight excluding hydrogens is 262 g/mol. The van der Waals surface area contributed by atoms with Crippen LogP contribution in [0.1, 0.15) is 27.2 Å². The molecular formula is C13H18ClN5. The van der Waals surface area contributed by atoms with Crippen LogP contribution in [0.15, 0.2) is 18.2 Å². The van der Waals surface area contributed by atoms with Crippen LogP contribution in [0, 0.1) is 5.41 Å². The minimum atomic E-state index is 0.231. The number of hydrogen-bond acceptors (Lipinski definition) is 4. The predicted octanol–water partition coefficient (Wildman–Crippen LogP) is 3.01. The Labute approximate surface area is 117 Å². The standard InChI is InChI=1S/C13H18ClN5/c1-13(2,3)6-7-19-12(16-17-18-19)10-5-4-9(14)8-11(10)15/h4-5,8H,6-7,15H2,1-3H3. The second kappa shape index (κ2) is 5.17. The smallest absolute Gasteiger partial charge is 0.184 e. The molecule has 1 heterocycles. The van der Waals surface area contributed by atoms with E-state index in [1.165, 1.54) is 0 Å². The molecule has 2 rings (SSSR count). The summed E-state index contributed by atoms with van der Waals surface area (Å²) in [5, 5.41) is 12.4. The number of aryl methyl sites for hydroxylation is 1. The Bertz CT molecular complexity index is 571. The van der Waals surface area contributed by atoms with E-state index in [4.69, 9.17) is 17.3 Å². The van der Waals surface area contributed by atoms with Gasteiger partial charge in [-0.2, -0.15) is 0 Å². The maximum atomic E-state index is 5.97. The molecule has 1 aromatic heterocycles. The quantitative estimate of drug-likeness (QED) is 0.877. The SMILES string of the molecule is CC(C)(C)CCn1nnnc1-c1ccc(Cl)cc1N. The van der Waals surface area contributed by atoms with Crippen molar-refractivity contribution in [2.75, 3.05) is 5.73 Å². The molecule has 0 radical (unpaired) electrons. The molecule has 2 N–H and O–H groups in total. The van der Waals surface area contributed by atoms with E-state index in [-0.39, 0.29) is 5.41 Å². The largest absolute Gasteiger partial charge is 0.398 e. The molecule has 6 heteroatoms. The Kier molecular flexibility index (Phi) is 3.75. The third-order valence-electron chi connectivity index (χ3n) is 2.86. The lowest BCUT2D eigenvalue weighted by Gasteiger charge is -2.18. The van der Waals surface area contributed by atoms with Gasteiger partial charge in [-0.25, -0.2) is 4.68 Å². The topological polar surface area (TPSA) is 69.6 Å². The lowest BCUT2D eigenvalue weighted by atomic mass is 9.92. The summed E-state index contributed by atoms with van der Waals surface area (Å²) in [6, 6.07) is 5.34. The second-order valence-corrected chi connectivity index (χ2v) is 6.20. The summed E-state index contributed by atoms with van der Waals surface area (Å²) in [6.45, 7) is 7.32. The van der Waals surface area contributed by atoms with Crippen molar-refractivity contribution < 1.29 is 0 Å². The molecule has 0 amide bonds. The number of tetrazole rings is 1. The molecule has 0 saturated carbocycles. The average Bonchev–Trinajstić information content (AvgIpc) is 2.73. The Balaban J connectivity index is 2.28. The number of anilines is 1. The number of hydrogen-bond donors (Lipinski definition) is 1. The van der Waals surface area contributed by atoms with Crippen LogP contribution in [-0.2, 0) is 6.54 Å². The molecule has 0 bridgehead atoms. The van der Waals surface area contributed by atoms with Crippen molar-refractivity contribution in [1.29, 1.82) is 0 Å². The number of nitrogens with two attached hydrogens (primary N) is 1. The Morgan fingerprint density at radius 2 is 2.05 bits per heavy atom. The van der Waals surface area contributed by atoms with E-state index >= 15 is 0 Å². The molecule has 0 fully saturated rings. The van der Waals surface area contributed by atoms with E-state index in [0.717, 1.165) is 18.5 Å². The van der Waals surface area contributed by atoms with Crippen LogP contribution in [0.2, 0.25) is 5.02 Å². The van der Waals surface area contributed by atoms with Gasteiger partial charge < -0.3 is 5.73 Å². The van der Waals surface area contributed by atoms with Gasteiger partial charge in [-0.05, 0) is 40.5 Å². The first-order valence-electron chi connectivity index (χ1n) is 6.18. The van der Waals surface area contributed by atoms with Crippen LogP contribution in [0.4, 0.5) is 5.69 Å². The summed E-state index contributed by atoms with van der Waals surface area (Å²) in [5.41, 5.74) is 7.59. The van der Waals surface area contributed by atoms with Crippen molar-refractivity contribution in [1.82, 2.24) is 20.2 Å². The summed E-state index contributed by atoms with van der Waals surface area (Å²) in [4.78, 5) is 0. The number of rotatable bonds is 3. The minimum Gasteiger partial charge on any atom is -0.398 e. The average molecular weight is 280 g/mol. The molecule has 0 spiro atoms. The Hall–Kier alpha value is -1.62. The zero-order chi connectivity index (χ0) is 14.0. The van der Waals surface area contributed by atoms with Gasteiger partial charge in [-0.15, -0.1) is 5.10 Å². The zero-order valence-corrected chi connectivity index (χ0v) is 12.1. The monoisotopic (exact) mass is 279 g/mol. The van der Waals surface area contributed by atoms with E-state index in [1.807, 2.05) is 6.07 Å². The Morgan fingerprint density at radius 3 is 2.68 bits per heavy atom. The van der Waals surface area contributed by atoms with E-state index < -0.39 is 0 Å². The number of benzene rings is 1. The highest BCUT2D eigenvalue weighted by atomic mass is 35.5. The van der Waals surface area contributed by atoms with Gasteiger partial charge in [0.15, 0.2) is 5.82 Å². The van der Waals surface area contributed by atoms with Crippen LogP contribution in [0.3, 0.4) is 0 Å². The highest BCUT2D eigenvalue weighted by molar-refractivity contribution is 6.31. The number of halogens is 1. The first-order chi connectivity index (χ1) is 8.87. The van der Waals surface area contributed by atoms with Crippen LogP contribution >= 0.6 is 11.6 Å². The van der Waals surface area contributed by atoms with Gasteiger partial charge in [0.25, 0.3) is 0 Å². The van der Waals surface area contributed by atoms with Crippen molar-refractivity contribution in [3.63, 3.8) is 0 Å². The first-order valence-corrected chi connectivity index (χ1v) is 6.56. The Morgan fingerprint density at radius 1 is 1.32 bits per heavy atom. The van der Waals surface area contributed by atoms with Gasteiger partial charge >= 0.3 is 0 Å². The van der Waals surface area contributed by atoms with Crippen molar-refractivity contribution in [2.24, 2.45) is 5.41 Å². The fourth-order valence-electron chi connectivity index (χ4n) is 1.73. The van der Waals surface area contributed by atoms with E-state index in [1.54, 1.807) is 16.8 Å². The summed E-state index contributed by atoms with van der Waals surface area (Å²) in [5.74, 6) is 0.679. The summed E-state index contributed by atoms with van der Waals surface area (Å²) < 4.78 is 1.78. The molecule has 0 aliphatic heterocycles. The molecule has 102 valence electrons. The van der Waals surface area contributed by atoms with Gasteiger partial charge in [0.2, 0.25) is 0 Å². The van der Waals surface area contributed by atoms with Gasteiger partial charge in [-0.1, -0.05) is 32.4 Å². The van der Waals surface area contributed by atoms with Gasteiger partial charge in [0.1, 0.15) is 0 Å². The van der Waals surface area contributed by atoms with Crippen molar-refractivity contribution in [2.45, 2.75) is 33.7 Å². The molecule has 0 atom stereocenters. The lowest BCUT2D eigenvalue weighted by molar-refractivity contribution is 0.340. The zero-order valence-electron chi connectivity index (χ0n) is 11.4. The highest BCUT2D eigenvalue weighted by Gasteiger charge is 2.15. The fraction of sp³-hybridized carbons (Fsp3) is 0.462. The molecule has 0 aliphatic carbocycles. The van der Waals surface area contributed by atoms with Crippen LogP contribution in [0.5, 0.6) is 0 Å². The number of aromatic nitrogens is 4. The van der Waals surface area contributed by atoms with Crippen molar-refractivity contribution in [3.05, 3.63) is 23.2 Å². The van der Waals surface area contributed by atoms with Crippen molar-refractivity contribution >= 4 is 17.3 Å². The van der Waals surface area contributed by atoms with Gasteiger partial charge in [0, 0.05) is 22.8 Å². The summed E-state index contributed by atoms with van der Waals surface area (Å²) >= 11 is 5.90. The molecule has 19 heavy (non-hydrogen) atoms. The maximum Gasteiger partial charge on any atom is 0.184 e. The minimum absolute atomic E-state index is 0.231. The van der Waals surface area contributed by atoms with E-state index in [0.29, 0.717) is 16.5 Å². The van der Waals surface area contributed by atoms with Crippen LogP contribution < -0.4 is 5.73 Å². The van der Waals surface area contributed by atoms with E-state index in [2.05, 4.69) is 36.3 Å². The molecule has 0 unspecified atom stereocenters. The first kappa shape index (κ1) is 13.8. The normalized spacial score (nSPS) is 11.8. The third kappa shape index (κ3) is 3.44. The van der Waals surface area contributed by atoms with Crippen molar-refractivity contribution in [3.8, 4) is 11.4 Å². The third-order valence-corrected chi connectivity index (χ3v) is 3.10. The maximum absolute atomic E-state index is 5.97. The van der Waals surface area contributed by atoms with Crippen LogP contribution in [-0.4, -0.2) is 20.2 Å². The van der Waals surface area contributed by atoms with E-state index in [9.17, 15) is 0 Å². The van der Waals surface area contributed by atoms with Gasteiger partial charge in [0.05, 0.1) is 0 Å². The lowest BCUT2D eigenvalue weighted by Crippen LogP contribution is -2.12. The fourth-order valence-corrected chi connectivity index (χ4v) is 1.91. The summed E-state index contributed by atoms with van der Waals surface area (Å²) in [7, 11) is 0. The molecule has 5 nitrogen and oxygen atoms in total. The highest BCUT2D eigenvalue weighted by Crippen LogP contribution is 2.27. The number of nitrogen functional groups attached to an aromatic ring is 1. The van der Waals surface area contributed by atoms with Gasteiger partial charge in [-0.3, -0.25) is 0 Å². The predicted molar refractivity (Wildman–Crippen MR) is 76.7 cm³/mol. The molecule has 2 aromatic rings. The second-order valence-electron chi connectivity index (χ2n) is 5.77. The number of nitrogens with zero attached hydrogens (tertiary/aromatic N) is 4.